The molecule has 0 aliphatic carbocycles. The second kappa shape index (κ2) is 3.97. The van der Waals surface area contributed by atoms with E-state index < -0.39 is 0 Å². The van der Waals surface area contributed by atoms with E-state index in [-0.39, 0.29) is 12.1 Å². The van der Waals surface area contributed by atoms with Gasteiger partial charge in [-0.1, -0.05) is 11.2 Å². The Balaban J connectivity index is 1.83. The molecule has 0 aromatic carbocycles. The highest BCUT2D eigenvalue weighted by Gasteiger charge is 2.28. The number of hydrogen-bond donors (Lipinski definition) is 2. The normalized spacial score (nSPS) is 25.1. The van der Waals surface area contributed by atoms with Gasteiger partial charge < -0.3 is 14.9 Å². The topological polar surface area (TPSA) is 71.2 Å². The van der Waals surface area contributed by atoms with Crippen molar-refractivity contribution in [3.8, 4) is 10.7 Å². The van der Waals surface area contributed by atoms with Crippen LogP contribution in [0.3, 0.4) is 0 Å². The molecule has 0 saturated carbocycles. The first-order chi connectivity index (χ1) is 7.83. The number of rotatable bonds is 2. The van der Waals surface area contributed by atoms with E-state index in [4.69, 9.17) is 4.52 Å². The Kier molecular flexibility index (Phi) is 2.47. The number of nitrogens with zero attached hydrogens (tertiary/aromatic N) is 2. The Bertz CT molecular complexity index is 468. The van der Waals surface area contributed by atoms with Crippen LogP contribution in [-0.2, 0) is 0 Å². The SMILES string of the molecule is O[C@H]1CN[C@@H](c2nc(-c3cccs3)no2)C1. The van der Waals surface area contributed by atoms with Crippen LogP contribution in [0.15, 0.2) is 22.0 Å². The van der Waals surface area contributed by atoms with E-state index in [9.17, 15) is 5.11 Å². The third-order valence-corrected chi connectivity index (χ3v) is 3.45. The highest BCUT2D eigenvalue weighted by molar-refractivity contribution is 7.13. The van der Waals surface area contributed by atoms with Crippen LogP contribution in [0, 0.1) is 0 Å². The summed E-state index contributed by atoms with van der Waals surface area (Å²) in [7, 11) is 0. The smallest absolute Gasteiger partial charge is 0.244 e. The van der Waals surface area contributed by atoms with Crippen molar-refractivity contribution in [3.63, 3.8) is 0 Å². The van der Waals surface area contributed by atoms with Crippen LogP contribution >= 0.6 is 11.3 Å². The largest absolute Gasteiger partial charge is 0.392 e. The van der Waals surface area contributed by atoms with Crippen LogP contribution in [0.2, 0.25) is 0 Å². The molecule has 1 aliphatic rings. The van der Waals surface area contributed by atoms with Gasteiger partial charge in [0.1, 0.15) is 0 Å². The number of thiophene rings is 1. The summed E-state index contributed by atoms with van der Waals surface area (Å²) in [6.45, 7) is 0.585. The third kappa shape index (κ3) is 1.75. The zero-order valence-electron chi connectivity index (χ0n) is 8.46. The van der Waals surface area contributed by atoms with Gasteiger partial charge in [-0.15, -0.1) is 11.3 Å². The summed E-state index contributed by atoms with van der Waals surface area (Å²) >= 11 is 1.58. The Morgan fingerprint density at radius 3 is 3.19 bits per heavy atom. The van der Waals surface area contributed by atoms with Gasteiger partial charge in [0.25, 0.3) is 0 Å². The van der Waals surface area contributed by atoms with Crippen LogP contribution in [0.1, 0.15) is 18.4 Å². The first-order valence-electron chi connectivity index (χ1n) is 5.12. The highest BCUT2D eigenvalue weighted by Crippen LogP contribution is 2.26. The molecule has 16 heavy (non-hydrogen) atoms. The number of nitrogens with one attached hydrogen (secondary N) is 1. The van der Waals surface area contributed by atoms with E-state index in [0.29, 0.717) is 24.7 Å². The van der Waals surface area contributed by atoms with Crippen molar-refractivity contribution in [2.45, 2.75) is 18.6 Å². The number of aliphatic hydroxyl groups excluding tert-OH is 1. The maximum atomic E-state index is 9.40. The molecule has 1 fully saturated rings. The van der Waals surface area contributed by atoms with E-state index in [1.54, 1.807) is 11.3 Å². The lowest BCUT2D eigenvalue weighted by Gasteiger charge is -2.01. The monoisotopic (exact) mass is 237 g/mol. The van der Waals surface area contributed by atoms with Gasteiger partial charge in [0, 0.05) is 6.54 Å². The van der Waals surface area contributed by atoms with Crippen molar-refractivity contribution in [2.24, 2.45) is 0 Å². The molecule has 2 aromatic rings. The Morgan fingerprint density at radius 2 is 2.50 bits per heavy atom. The Hall–Kier alpha value is -1.24. The summed E-state index contributed by atoms with van der Waals surface area (Å²) < 4.78 is 5.19. The Morgan fingerprint density at radius 1 is 1.56 bits per heavy atom. The maximum Gasteiger partial charge on any atom is 0.244 e. The molecular formula is C10H11N3O2S. The quantitative estimate of drug-likeness (QED) is 0.821. The molecule has 2 aromatic heterocycles. The summed E-state index contributed by atoms with van der Waals surface area (Å²) in [5.74, 6) is 1.17. The summed E-state index contributed by atoms with van der Waals surface area (Å²) in [6.07, 6.45) is 0.314. The lowest BCUT2D eigenvalue weighted by atomic mass is 10.2. The first-order valence-corrected chi connectivity index (χ1v) is 6.00. The number of hydrogen-bond acceptors (Lipinski definition) is 6. The standard InChI is InChI=1S/C10H11N3O2S/c14-6-4-7(11-5-6)10-12-9(13-15-10)8-2-1-3-16-8/h1-3,6-7,11,14H,4-5H2/t6-,7-/m1/s1. The van der Waals surface area contributed by atoms with Gasteiger partial charge in [-0.3, -0.25) is 0 Å². The zero-order chi connectivity index (χ0) is 11.0. The average Bonchev–Trinajstić information content (AvgIpc) is 2.97. The van der Waals surface area contributed by atoms with E-state index in [1.807, 2.05) is 17.5 Å². The molecule has 0 amide bonds. The van der Waals surface area contributed by atoms with Gasteiger partial charge in [0.05, 0.1) is 17.0 Å². The molecule has 3 rings (SSSR count). The molecule has 6 heteroatoms. The van der Waals surface area contributed by atoms with Gasteiger partial charge >= 0.3 is 0 Å². The minimum absolute atomic E-state index is 0.0174. The highest BCUT2D eigenvalue weighted by atomic mass is 32.1. The van der Waals surface area contributed by atoms with Crippen LogP contribution in [0.5, 0.6) is 0 Å². The number of aromatic nitrogens is 2. The van der Waals surface area contributed by atoms with Crippen molar-refractivity contribution in [1.82, 2.24) is 15.5 Å². The van der Waals surface area contributed by atoms with Crippen molar-refractivity contribution in [3.05, 3.63) is 23.4 Å². The fraction of sp³-hybridized carbons (Fsp3) is 0.400. The fourth-order valence-electron chi connectivity index (χ4n) is 1.79. The summed E-state index contributed by atoms with van der Waals surface area (Å²) in [5, 5.41) is 18.4. The number of aliphatic hydroxyl groups is 1. The molecule has 0 bridgehead atoms. The second-order valence-corrected chi connectivity index (χ2v) is 4.73. The van der Waals surface area contributed by atoms with Crippen LogP contribution in [0.25, 0.3) is 10.7 Å². The average molecular weight is 237 g/mol. The molecule has 1 aliphatic heterocycles. The summed E-state index contributed by atoms with van der Waals surface area (Å²) in [5.41, 5.74) is 0. The van der Waals surface area contributed by atoms with Crippen LogP contribution in [0.4, 0.5) is 0 Å². The Labute approximate surface area is 96.1 Å². The summed E-state index contributed by atoms with van der Waals surface area (Å²) in [4.78, 5) is 5.32. The molecule has 3 heterocycles. The molecule has 2 atom stereocenters. The van der Waals surface area contributed by atoms with Crippen molar-refractivity contribution < 1.29 is 9.63 Å². The van der Waals surface area contributed by atoms with Gasteiger partial charge in [-0.2, -0.15) is 4.98 Å². The third-order valence-electron chi connectivity index (χ3n) is 2.59. The molecule has 2 N–H and O–H groups in total. The zero-order valence-corrected chi connectivity index (χ0v) is 9.28. The van der Waals surface area contributed by atoms with Gasteiger partial charge in [0.2, 0.25) is 11.7 Å². The molecule has 84 valence electrons. The van der Waals surface area contributed by atoms with E-state index in [1.165, 1.54) is 0 Å². The van der Waals surface area contributed by atoms with Gasteiger partial charge in [-0.25, -0.2) is 0 Å². The minimum atomic E-state index is -0.318. The second-order valence-electron chi connectivity index (χ2n) is 3.78. The fourth-order valence-corrected chi connectivity index (χ4v) is 2.44. The minimum Gasteiger partial charge on any atom is -0.392 e. The molecule has 1 saturated heterocycles. The molecular weight excluding hydrogens is 226 g/mol. The van der Waals surface area contributed by atoms with E-state index in [0.717, 1.165) is 4.88 Å². The van der Waals surface area contributed by atoms with E-state index in [2.05, 4.69) is 15.5 Å². The number of β-amino-alcohol motifs (C(OH)–C–C–N with tert-alkyl or cyclic N) is 1. The van der Waals surface area contributed by atoms with Crippen molar-refractivity contribution in [1.29, 1.82) is 0 Å². The van der Waals surface area contributed by atoms with Gasteiger partial charge in [0.15, 0.2) is 0 Å². The predicted octanol–water partition coefficient (Wildman–Crippen LogP) is 1.19. The lowest BCUT2D eigenvalue weighted by Crippen LogP contribution is -2.15. The molecule has 0 radical (unpaired) electrons. The predicted molar refractivity (Wildman–Crippen MR) is 59.0 cm³/mol. The molecule has 0 unspecified atom stereocenters. The van der Waals surface area contributed by atoms with Crippen LogP contribution < -0.4 is 5.32 Å². The summed E-state index contributed by atoms with van der Waals surface area (Å²) in [6, 6.07) is 3.89. The molecule has 0 spiro atoms. The maximum absolute atomic E-state index is 9.40. The van der Waals surface area contributed by atoms with Gasteiger partial charge in [-0.05, 0) is 17.9 Å². The van der Waals surface area contributed by atoms with E-state index >= 15 is 0 Å². The van der Waals surface area contributed by atoms with Crippen LogP contribution in [-0.4, -0.2) is 27.9 Å². The first kappa shape index (κ1) is 9.95. The van der Waals surface area contributed by atoms with Crippen molar-refractivity contribution in [2.75, 3.05) is 6.54 Å². The van der Waals surface area contributed by atoms with Crippen molar-refractivity contribution >= 4 is 11.3 Å². The lowest BCUT2D eigenvalue weighted by molar-refractivity contribution is 0.191. The molecule has 5 nitrogen and oxygen atoms in total.